The van der Waals surface area contributed by atoms with Gasteiger partial charge in [-0.2, -0.15) is 0 Å². The van der Waals surface area contributed by atoms with Crippen LogP contribution in [0.3, 0.4) is 0 Å². The van der Waals surface area contributed by atoms with E-state index in [1.807, 2.05) is 0 Å². The fraction of sp³-hybridized carbons (Fsp3) is 0.308. The predicted octanol–water partition coefficient (Wildman–Crippen LogP) is 1.33. The first-order valence-electron chi connectivity index (χ1n) is 5.52. The summed E-state index contributed by atoms with van der Waals surface area (Å²) in [6, 6.07) is 6.30. The van der Waals surface area contributed by atoms with Gasteiger partial charge in [-0.05, 0) is 24.3 Å². The Morgan fingerprint density at radius 1 is 1.21 bits per heavy atom. The van der Waals surface area contributed by atoms with Gasteiger partial charge in [-0.3, -0.25) is 4.79 Å². The molecule has 0 aliphatic carbocycles. The Morgan fingerprint density at radius 2 is 1.74 bits per heavy atom. The summed E-state index contributed by atoms with van der Waals surface area (Å²) in [6.45, 7) is 0. The maximum absolute atomic E-state index is 12.2. The first kappa shape index (κ1) is 15.2. The molecule has 0 saturated heterocycles. The zero-order valence-electron chi connectivity index (χ0n) is 11.4. The Kier molecular flexibility index (Phi) is 4.72. The molecule has 104 valence electrons. The highest BCUT2D eigenvalue weighted by Crippen LogP contribution is 2.17. The smallest absolute Gasteiger partial charge is 0.205 e. The van der Waals surface area contributed by atoms with E-state index in [1.54, 1.807) is 26.2 Å². The van der Waals surface area contributed by atoms with E-state index in [9.17, 15) is 13.2 Å². The quantitative estimate of drug-likeness (QED) is 0.602. The average Bonchev–Trinajstić information content (AvgIpc) is 2.34. The largest absolute Gasteiger partial charge is 0.497 e. The third-order valence-electron chi connectivity index (χ3n) is 2.35. The van der Waals surface area contributed by atoms with Crippen molar-refractivity contribution in [2.45, 2.75) is 0 Å². The fourth-order valence-electron chi connectivity index (χ4n) is 1.44. The highest BCUT2D eigenvalue weighted by Gasteiger charge is 2.22. The minimum Gasteiger partial charge on any atom is -0.497 e. The van der Waals surface area contributed by atoms with Crippen LogP contribution in [-0.2, 0) is 9.84 Å². The molecule has 0 N–H and O–H groups in total. The number of methoxy groups -OCH3 is 1. The van der Waals surface area contributed by atoms with E-state index >= 15 is 0 Å². The van der Waals surface area contributed by atoms with Gasteiger partial charge in [-0.15, -0.1) is 0 Å². The normalized spacial score (nSPS) is 12.1. The number of carbonyl (C=O) groups is 1. The third kappa shape index (κ3) is 4.10. The maximum Gasteiger partial charge on any atom is 0.205 e. The number of nitrogens with zero attached hydrogens (tertiary/aromatic N) is 1. The maximum atomic E-state index is 12.2. The number of carbonyl (C=O) groups excluding carboxylic acids is 1. The minimum atomic E-state index is -3.58. The Balaban J connectivity index is 3.20. The number of Topliss-reactive ketones (excluding diaryl/α,β-unsaturated/α-hetero) is 1. The van der Waals surface area contributed by atoms with Crippen molar-refractivity contribution in [3.8, 4) is 5.75 Å². The van der Waals surface area contributed by atoms with Gasteiger partial charge >= 0.3 is 0 Å². The van der Waals surface area contributed by atoms with Crippen LogP contribution in [0.25, 0.3) is 0 Å². The molecule has 0 radical (unpaired) electrons. The predicted molar refractivity (Wildman–Crippen MR) is 73.9 cm³/mol. The van der Waals surface area contributed by atoms with Crippen molar-refractivity contribution in [1.29, 1.82) is 0 Å². The molecule has 0 atom stereocenters. The molecule has 1 rings (SSSR count). The lowest BCUT2D eigenvalue weighted by atomic mass is 10.1. The number of rotatable bonds is 5. The van der Waals surface area contributed by atoms with Crippen molar-refractivity contribution in [3.63, 3.8) is 0 Å². The summed E-state index contributed by atoms with van der Waals surface area (Å²) in [6.07, 6.45) is 2.33. The SMILES string of the molecule is COc1ccc(C(=O)C(=CN(C)C)S(C)(=O)=O)cc1. The molecule has 0 heterocycles. The van der Waals surface area contributed by atoms with Crippen molar-refractivity contribution in [3.05, 3.63) is 40.9 Å². The Morgan fingerprint density at radius 3 is 2.11 bits per heavy atom. The van der Waals surface area contributed by atoms with Crippen LogP contribution in [0.5, 0.6) is 5.75 Å². The van der Waals surface area contributed by atoms with Gasteiger partial charge < -0.3 is 9.64 Å². The summed E-state index contributed by atoms with van der Waals surface area (Å²) in [5.41, 5.74) is 0.305. The highest BCUT2D eigenvalue weighted by atomic mass is 32.2. The number of ketones is 1. The van der Waals surface area contributed by atoms with E-state index in [0.29, 0.717) is 11.3 Å². The molecule has 0 aliphatic rings. The van der Waals surface area contributed by atoms with Crippen LogP contribution in [0.2, 0.25) is 0 Å². The molecule has 5 nitrogen and oxygen atoms in total. The van der Waals surface area contributed by atoms with Crippen LogP contribution >= 0.6 is 0 Å². The molecule has 6 heteroatoms. The number of ether oxygens (including phenoxy) is 1. The van der Waals surface area contributed by atoms with Crippen molar-refractivity contribution in [1.82, 2.24) is 4.90 Å². The lowest BCUT2D eigenvalue weighted by Crippen LogP contribution is -2.16. The third-order valence-corrected chi connectivity index (χ3v) is 3.44. The van der Waals surface area contributed by atoms with Crippen LogP contribution < -0.4 is 4.74 Å². The molecule has 1 aromatic rings. The Labute approximate surface area is 113 Å². The van der Waals surface area contributed by atoms with Crippen LogP contribution in [-0.4, -0.2) is 46.6 Å². The van der Waals surface area contributed by atoms with Crippen LogP contribution in [0.4, 0.5) is 0 Å². The van der Waals surface area contributed by atoms with Gasteiger partial charge in [0, 0.05) is 32.1 Å². The molecule has 0 unspecified atom stereocenters. The van der Waals surface area contributed by atoms with Crippen LogP contribution in [0, 0.1) is 0 Å². The molecule has 1 aromatic carbocycles. The summed E-state index contributed by atoms with van der Waals surface area (Å²) < 4.78 is 28.3. The monoisotopic (exact) mass is 283 g/mol. The standard InChI is InChI=1S/C13H17NO4S/c1-14(2)9-12(19(4,16)17)13(15)10-5-7-11(18-3)8-6-10/h5-9H,1-4H3. The van der Waals surface area contributed by atoms with Gasteiger partial charge in [-0.1, -0.05) is 0 Å². The average molecular weight is 283 g/mol. The number of hydrogen-bond donors (Lipinski definition) is 0. The zero-order valence-corrected chi connectivity index (χ0v) is 12.2. The minimum absolute atomic E-state index is 0.234. The summed E-state index contributed by atoms with van der Waals surface area (Å²) in [7, 11) is 1.25. The van der Waals surface area contributed by atoms with E-state index in [4.69, 9.17) is 4.74 Å². The zero-order chi connectivity index (χ0) is 14.6. The first-order valence-corrected chi connectivity index (χ1v) is 7.42. The highest BCUT2D eigenvalue weighted by molar-refractivity contribution is 7.95. The number of benzene rings is 1. The fourth-order valence-corrected chi connectivity index (χ4v) is 2.30. The van der Waals surface area contributed by atoms with Crippen LogP contribution in [0.15, 0.2) is 35.4 Å². The molecule has 0 saturated carbocycles. The summed E-state index contributed by atoms with van der Waals surface area (Å²) >= 11 is 0. The van der Waals surface area contributed by atoms with Crippen molar-refractivity contribution in [2.24, 2.45) is 0 Å². The molecular weight excluding hydrogens is 266 g/mol. The second kappa shape index (κ2) is 5.88. The number of sulfone groups is 1. The molecule has 0 aromatic heterocycles. The molecule has 0 bridgehead atoms. The molecule has 0 amide bonds. The van der Waals surface area contributed by atoms with Crippen LogP contribution in [0.1, 0.15) is 10.4 Å². The van der Waals surface area contributed by atoms with Crippen molar-refractivity contribution >= 4 is 15.6 Å². The lowest BCUT2D eigenvalue weighted by Gasteiger charge is -2.10. The Hall–Kier alpha value is -1.82. The van der Waals surface area contributed by atoms with Gasteiger partial charge in [0.2, 0.25) is 5.78 Å². The van der Waals surface area contributed by atoms with Crippen molar-refractivity contribution < 1.29 is 17.9 Å². The topological polar surface area (TPSA) is 63.7 Å². The molecular formula is C13H17NO4S. The van der Waals surface area contributed by atoms with Gasteiger partial charge in [0.25, 0.3) is 0 Å². The van der Waals surface area contributed by atoms with E-state index in [0.717, 1.165) is 6.26 Å². The summed E-state index contributed by atoms with van der Waals surface area (Å²) in [5.74, 6) is 0.0768. The van der Waals surface area contributed by atoms with E-state index < -0.39 is 15.6 Å². The summed E-state index contributed by atoms with van der Waals surface area (Å²) in [4.78, 5) is 13.5. The lowest BCUT2D eigenvalue weighted by molar-refractivity contribution is 0.104. The van der Waals surface area contributed by atoms with Gasteiger partial charge in [0.05, 0.1) is 7.11 Å². The van der Waals surface area contributed by atoms with E-state index in [-0.39, 0.29) is 4.91 Å². The second-order valence-corrected chi connectivity index (χ2v) is 6.27. The molecule has 0 spiro atoms. The number of hydrogen-bond acceptors (Lipinski definition) is 5. The first-order chi connectivity index (χ1) is 8.75. The van der Waals surface area contributed by atoms with E-state index in [1.165, 1.54) is 30.3 Å². The molecule has 19 heavy (non-hydrogen) atoms. The second-order valence-electron chi connectivity index (χ2n) is 4.29. The van der Waals surface area contributed by atoms with Crippen molar-refractivity contribution in [2.75, 3.05) is 27.5 Å². The molecule has 0 fully saturated rings. The van der Waals surface area contributed by atoms with Gasteiger partial charge in [0.1, 0.15) is 10.7 Å². The Bertz CT molecular complexity index is 586. The van der Waals surface area contributed by atoms with Gasteiger partial charge in [-0.25, -0.2) is 8.42 Å². The number of allylic oxidation sites excluding steroid dienone is 1. The molecule has 0 aliphatic heterocycles. The van der Waals surface area contributed by atoms with Gasteiger partial charge in [0.15, 0.2) is 9.84 Å². The van der Waals surface area contributed by atoms with E-state index in [2.05, 4.69) is 0 Å². The summed E-state index contributed by atoms with van der Waals surface area (Å²) in [5, 5.41) is 0.